The van der Waals surface area contributed by atoms with Crippen LogP contribution in [0.1, 0.15) is 54.8 Å². The maximum atomic E-state index is 13.2. The fourth-order valence-electron chi connectivity index (χ4n) is 3.96. The molecule has 7 nitrogen and oxygen atoms in total. The molecule has 1 atom stereocenters. The Hall–Kier alpha value is -4.43. The number of imide groups is 1. The molecule has 5 rings (SSSR count). The standard InChI is InChI=1S/C28H20N2O5S/c1-2-23(24(31)18-11-7-4-8-12-18)35-27(34)19-13-14-20-21(15-19)26(33)30(25(20)32)28-29-22(16-36-28)17-9-5-3-6-10-17/h3-16,23H,2H2,1H3/t23-/m1/s1. The third-order valence-electron chi connectivity index (χ3n) is 5.85. The lowest BCUT2D eigenvalue weighted by molar-refractivity contribution is 0.0277. The van der Waals surface area contributed by atoms with Crippen LogP contribution in [0.15, 0.2) is 84.2 Å². The SMILES string of the molecule is CC[C@@H](OC(=O)c1ccc2c(c1)C(=O)N(c1nc(-c3ccccc3)cs1)C2=O)C(=O)c1ccccc1. The van der Waals surface area contributed by atoms with E-state index in [4.69, 9.17) is 4.74 Å². The third kappa shape index (κ3) is 4.23. The number of hydrogen-bond acceptors (Lipinski definition) is 7. The first-order valence-corrected chi connectivity index (χ1v) is 12.2. The molecule has 2 amide bonds. The molecular weight excluding hydrogens is 476 g/mol. The molecule has 4 aromatic rings. The fourth-order valence-corrected chi connectivity index (χ4v) is 4.79. The van der Waals surface area contributed by atoms with Crippen molar-refractivity contribution in [2.45, 2.75) is 19.4 Å². The molecule has 178 valence electrons. The summed E-state index contributed by atoms with van der Waals surface area (Å²) in [5, 5.41) is 2.04. The summed E-state index contributed by atoms with van der Waals surface area (Å²) in [4.78, 5) is 57.3. The van der Waals surface area contributed by atoms with Crippen LogP contribution in [0.2, 0.25) is 0 Å². The van der Waals surface area contributed by atoms with Gasteiger partial charge >= 0.3 is 5.97 Å². The predicted octanol–water partition coefficient (Wildman–Crippen LogP) is 5.43. The van der Waals surface area contributed by atoms with Crippen LogP contribution in [0, 0.1) is 0 Å². The minimum absolute atomic E-state index is 0.0835. The molecule has 0 bridgehead atoms. The van der Waals surface area contributed by atoms with Gasteiger partial charge in [-0.25, -0.2) is 14.7 Å². The van der Waals surface area contributed by atoms with E-state index in [-0.39, 0.29) is 27.6 Å². The van der Waals surface area contributed by atoms with Gasteiger partial charge in [0.05, 0.1) is 22.4 Å². The van der Waals surface area contributed by atoms with E-state index < -0.39 is 23.9 Å². The van der Waals surface area contributed by atoms with Crippen molar-refractivity contribution in [3.05, 3.63) is 106 Å². The first-order valence-electron chi connectivity index (χ1n) is 11.3. The number of hydrogen-bond donors (Lipinski definition) is 0. The Morgan fingerprint density at radius 2 is 1.56 bits per heavy atom. The quantitative estimate of drug-likeness (QED) is 0.192. The lowest BCUT2D eigenvalue weighted by atomic mass is 10.0. The molecule has 3 aromatic carbocycles. The number of ether oxygens (including phenoxy) is 1. The van der Waals surface area contributed by atoms with Gasteiger partial charge in [0.1, 0.15) is 0 Å². The zero-order valence-corrected chi connectivity index (χ0v) is 20.0. The molecule has 1 aliphatic heterocycles. The lowest BCUT2D eigenvalue weighted by Crippen LogP contribution is -2.29. The smallest absolute Gasteiger partial charge is 0.338 e. The molecule has 36 heavy (non-hydrogen) atoms. The van der Waals surface area contributed by atoms with Crippen molar-refractivity contribution < 1.29 is 23.9 Å². The first-order chi connectivity index (χ1) is 17.5. The lowest BCUT2D eigenvalue weighted by Gasteiger charge is -2.15. The second-order valence-electron chi connectivity index (χ2n) is 8.12. The minimum Gasteiger partial charge on any atom is -0.450 e. The number of benzene rings is 3. The number of ketones is 1. The van der Waals surface area contributed by atoms with E-state index in [2.05, 4.69) is 4.98 Å². The summed E-state index contributed by atoms with van der Waals surface area (Å²) in [5.41, 5.74) is 2.33. The van der Waals surface area contributed by atoms with Crippen molar-refractivity contribution in [2.24, 2.45) is 0 Å². The van der Waals surface area contributed by atoms with Crippen molar-refractivity contribution in [1.82, 2.24) is 4.98 Å². The van der Waals surface area contributed by atoms with Crippen molar-refractivity contribution >= 4 is 40.0 Å². The van der Waals surface area contributed by atoms with Crippen molar-refractivity contribution in [2.75, 3.05) is 4.90 Å². The molecule has 0 unspecified atom stereocenters. The number of amides is 2. The number of nitrogens with zero attached hydrogens (tertiary/aromatic N) is 2. The van der Waals surface area contributed by atoms with Crippen LogP contribution in [0.5, 0.6) is 0 Å². The Morgan fingerprint density at radius 3 is 2.25 bits per heavy atom. The Kier molecular flexibility index (Phi) is 6.26. The summed E-state index contributed by atoms with van der Waals surface area (Å²) in [6.07, 6.45) is -0.669. The third-order valence-corrected chi connectivity index (χ3v) is 6.67. The number of Topliss-reactive ketones (excluding diaryl/α,β-unsaturated/α-hetero) is 1. The van der Waals surface area contributed by atoms with Crippen molar-refractivity contribution in [3.63, 3.8) is 0 Å². The summed E-state index contributed by atoms with van der Waals surface area (Å²) in [6.45, 7) is 1.75. The Bertz CT molecular complexity index is 1480. The number of fused-ring (bicyclic) bond motifs is 1. The Labute approximate surface area is 211 Å². The van der Waals surface area contributed by atoms with E-state index in [0.29, 0.717) is 17.7 Å². The van der Waals surface area contributed by atoms with Gasteiger partial charge in [0.2, 0.25) is 5.78 Å². The molecule has 2 heterocycles. The number of carbonyl (C=O) groups excluding carboxylic acids is 4. The molecule has 0 aliphatic carbocycles. The van der Waals surface area contributed by atoms with Crippen LogP contribution in [0.4, 0.5) is 5.13 Å². The Balaban J connectivity index is 1.37. The number of esters is 1. The van der Waals surface area contributed by atoms with Crippen LogP contribution >= 0.6 is 11.3 Å². The van der Waals surface area contributed by atoms with Crippen LogP contribution in [-0.2, 0) is 4.74 Å². The van der Waals surface area contributed by atoms with Crippen LogP contribution < -0.4 is 4.90 Å². The second-order valence-corrected chi connectivity index (χ2v) is 8.96. The van der Waals surface area contributed by atoms with Gasteiger partial charge < -0.3 is 4.74 Å². The minimum atomic E-state index is -0.964. The molecule has 0 radical (unpaired) electrons. The highest BCUT2D eigenvalue weighted by Crippen LogP contribution is 2.33. The highest BCUT2D eigenvalue weighted by molar-refractivity contribution is 7.14. The van der Waals surface area contributed by atoms with E-state index in [1.165, 1.54) is 29.5 Å². The van der Waals surface area contributed by atoms with Gasteiger partial charge in [-0.3, -0.25) is 14.4 Å². The van der Waals surface area contributed by atoms with E-state index in [0.717, 1.165) is 10.5 Å². The number of anilines is 1. The molecule has 0 fully saturated rings. The van der Waals surface area contributed by atoms with Crippen LogP contribution in [0.25, 0.3) is 11.3 Å². The van der Waals surface area contributed by atoms with Gasteiger partial charge in [0.25, 0.3) is 11.8 Å². The molecule has 0 saturated carbocycles. The summed E-state index contributed by atoms with van der Waals surface area (Å²) in [6, 6.07) is 22.2. The van der Waals surface area contributed by atoms with E-state index in [9.17, 15) is 19.2 Å². The average Bonchev–Trinajstić information content (AvgIpc) is 3.50. The molecule has 8 heteroatoms. The monoisotopic (exact) mass is 496 g/mol. The molecule has 0 N–H and O–H groups in total. The van der Waals surface area contributed by atoms with Crippen LogP contribution in [0.3, 0.4) is 0 Å². The molecule has 0 saturated heterocycles. The summed E-state index contributed by atoms with van der Waals surface area (Å²) in [5.74, 6) is -2.11. The highest BCUT2D eigenvalue weighted by atomic mass is 32.1. The normalized spacial score (nSPS) is 13.4. The van der Waals surface area contributed by atoms with E-state index >= 15 is 0 Å². The fraction of sp³-hybridized carbons (Fsp3) is 0.107. The van der Waals surface area contributed by atoms with Gasteiger partial charge in [-0.15, -0.1) is 11.3 Å². The maximum Gasteiger partial charge on any atom is 0.338 e. The largest absolute Gasteiger partial charge is 0.450 e. The molecule has 1 aromatic heterocycles. The number of carbonyl (C=O) groups is 4. The van der Waals surface area contributed by atoms with Crippen molar-refractivity contribution in [3.8, 4) is 11.3 Å². The average molecular weight is 497 g/mol. The topological polar surface area (TPSA) is 93.6 Å². The number of aromatic nitrogens is 1. The maximum absolute atomic E-state index is 13.2. The van der Waals surface area contributed by atoms with Gasteiger partial charge in [0, 0.05) is 16.5 Å². The molecule has 1 aliphatic rings. The van der Waals surface area contributed by atoms with Gasteiger partial charge in [-0.1, -0.05) is 67.6 Å². The number of rotatable bonds is 7. The highest BCUT2D eigenvalue weighted by Gasteiger charge is 2.39. The Morgan fingerprint density at radius 1 is 0.889 bits per heavy atom. The molecular formula is C28H20N2O5S. The second kappa shape index (κ2) is 9.67. The number of thiazole rings is 1. The summed E-state index contributed by atoms with van der Waals surface area (Å²) in [7, 11) is 0. The van der Waals surface area contributed by atoms with E-state index in [1.807, 2.05) is 30.3 Å². The van der Waals surface area contributed by atoms with Gasteiger partial charge in [0.15, 0.2) is 11.2 Å². The zero-order chi connectivity index (χ0) is 25.2. The van der Waals surface area contributed by atoms with Gasteiger partial charge in [-0.2, -0.15) is 0 Å². The zero-order valence-electron chi connectivity index (χ0n) is 19.2. The van der Waals surface area contributed by atoms with Crippen LogP contribution in [-0.4, -0.2) is 34.7 Å². The van der Waals surface area contributed by atoms with Crippen molar-refractivity contribution in [1.29, 1.82) is 0 Å². The first kappa shape index (κ1) is 23.3. The van der Waals surface area contributed by atoms with Gasteiger partial charge in [-0.05, 0) is 24.6 Å². The summed E-state index contributed by atoms with van der Waals surface area (Å²) < 4.78 is 5.48. The predicted molar refractivity (Wildman–Crippen MR) is 135 cm³/mol. The summed E-state index contributed by atoms with van der Waals surface area (Å²) >= 11 is 1.19. The molecule has 0 spiro atoms. The van der Waals surface area contributed by atoms with E-state index in [1.54, 1.807) is 42.6 Å².